The van der Waals surface area contributed by atoms with Crippen molar-refractivity contribution in [2.45, 2.75) is 19.6 Å². The lowest BCUT2D eigenvalue weighted by atomic mass is 10.2. The van der Waals surface area contributed by atoms with Crippen molar-refractivity contribution in [1.82, 2.24) is 10.2 Å². The number of morpholine rings is 1. The summed E-state index contributed by atoms with van der Waals surface area (Å²) in [5.74, 6) is 0.417. The van der Waals surface area contributed by atoms with Crippen molar-refractivity contribution < 1.29 is 18.3 Å². The first-order valence-corrected chi connectivity index (χ1v) is 8.02. The molecule has 0 amide bonds. The first-order valence-electron chi connectivity index (χ1n) is 8.02. The predicted molar refractivity (Wildman–Crippen MR) is 88.3 cm³/mol. The van der Waals surface area contributed by atoms with Crippen LogP contribution in [0.2, 0.25) is 0 Å². The van der Waals surface area contributed by atoms with Crippen LogP contribution in [-0.2, 0) is 11.3 Å². The largest absolute Gasteiger partial charge is 0.434 e. The van der Waals surface area contributed by atoms with Gasteiger partial charge in [-0.3, -0.25) is 4.90 Å². The average Bonchev–Trinajstić information content (AvgIpc) is 2.58. The van der Waals surface area contributed by atoms with Gasteiger partial charge < -0.3 is 20.5 Å². The quantitative estimate of drug-likeness (QED) is 0.425. The molecule has 0 radical (unpaired) electrons. The van der Waals surface area contributed by atoms with Gasteiger partial charge in [0.25, 0.3) is 0 Å². The molecule has 0 aromatic heterocycles. The molecule has 1 saturated heterocycles. The summed E-state index contributed by atoms with van der Waals surface area (Å²) in [5, 5.41) is 3.03. The Bertz CT molecular complexity index is 523. The van der Waals surface area contributed by atoms with Crippen molar-refractivity contribution in [1.29, 1.82) is 0 Å². The van der Waals surface area contributed by atoms with E-state index < -0.39 is 6.61 Å². The molecule has 1 fully saturated rings. The van der Waals surface area contributed by atoms with Crippen molar-refractivity contribution in [3.05, 3.63) is 29.8 Å². The summed E-state index contributed by atoms with van der Waals surface area (Å²) in [7, 11) is 0. The van der Waals surface area contributed by atoms with E-state index in [2.05, 4.69) is 19.9 Å². The third-order valence-corrected chi connectivity index (χ3v) is 3.67. The molecule has 0 saturated carbocycles. The second-order valence-electron chi connectivity index (χ2n) is 5.42. The Hall–Kier alpha value is -1.93. The Morgan fingerprint density at radius 2 is 2.08 bits per heavy atom. The zero-order chi connectivity index (χ0) is 17.2. The summed E-state index contributed by atoms with van der Waals surface area (Å²) in [6, 6.07) is 6.56. The average molecular weight is 342 g/mol. The lowest BCUT2D eigenvalue weighted by Gasteiger charge is -2.26. The molecule has 0 aliphatic carbocycles. The summed E-state index contributed by atoms with van der Waals surface area (Å²) >= 11 is 0. The fourth-order valence-electron chi connectivity index (χ4n) is 2.42. The molecule has 24 heavy (non-hydrogen) atoms. The second kappa shape index (κ2) is 10.0. The summed E-state index contributed by atoms with van der Waals surface area (Å²) in [6.45, 7) is 2.52. The van der Waals surface area contributed by atoms with Gasteiger partial charge in [0.2, 0.25) is 0 Å². The second-order valence-corrected chi connectivity index (χ2v) is 5.42. The minimum absolute atomic E-state index is 0.122. The molecule has 0 bridgehead atoms. The molecule has 1 aromatic rings. The maximum Gasteiger partial charge on any atom is 0.387 e. The van der Waals surface area contributed by atoms with Gasteiger partial charge in [-0.15, -0.1) is 0 Å². The van der Waals surface area contributed by atoms with Gasteiger partial charge in [0, 0.05) is 25.2 Å². The highest BCUT2D eigenvalue weighted by Crippen LogP contribution is 2.20. The van der Waals surface area contributed by atoms with Gasteiger partial charge in [0.1, 0.15) is 5.75 Å². The molecule has 1 aliphatic rings. The number of nitrogens with zero attached hydrogens (tertiary/aromatic N) is 2. The van der Waals surface area contributed by atoms with E-state index in [0.717, 1.165) is 39.3 Å². The van der Waals surface area contributed by atoms with Gasteiger partial charge in [-0.2, -0.15) is 8.78 Å². The van der Waals surface area contributed by atoms with Crippen molar-refractivity contribution in [3.8, 4) is 5.75 Å². The predicted octanol–water partition coefficient (Wildman–Crippen LogP) is 1.41. The number of nitrogens with one attached hydrogen (secondary N) is 1. The van der Waals surface area contributed by atoms with E-state index in [0.29, 0.717) is 18.1 Å². The Kier molecular flexibility index (Phi) is 7.70. The van der Waals surface area contributed by atoms with Gasteiger partial charge in [-0.25, -0.2) is 4.99 Å². The molecular formula is C16H24F2N4O2. The third-order valence-electron chi connectivity index (χ3n) is 3.67. The number of aliphatic imine (C=N–C) groups is 1. The number of halogens is 2. The smallest absolute Gasteiger partial charge is 0.387 e. The van der Waals surface area contributed by atoms with E-state index in [1.807, 2.05) is 0 Å². The van der Waals surface area contributed by atoms with Gasteiger partial charge in [0.05, 0.1) is 19.8 Å². The van der Waals surface area contributed by atoms with E-state index in [4.69, 9.17) is 10.5 Å². The highest BCUT2D eigenvalue weighted by Gasteiger charge is 2.10. The van der Waals surface area contributed by atoms with Gasteiger partial charge in [-0.1, -0.05) is 18.2 Å². The Morgan fingerprint density at radius 1 is 1.33 bits per heavy atom. The summed E-state index contributed by atoms with van der Waals surface area (Å²) in [4.78, 5) is 6.52. The zero-order valence-corrected chi connectivity index (χ0v) is 13.6. The van der Waals surface area contributed by atoms with Crippen molar-refractivity contribution in [2.75, 3.05) is 39.4 Å². The minimum Gasteiger partial charge on any atom is -0.434 e. The summed E-state index contributed by atoms with van der Waals surface area (Å²) < 4.78 is 34.5. The van der Waals surface area contributed by atoms with E-state index in [1.165, 1.54) is 6.07 Å². The SMILES string of the molecule is NC(=NCc1ccccc1OC(F)F)NCCCN1CCOCC1. The lowest BCUT2D eigenvalue weighted by Crippen LogP contribution is -2.39. The molecular weight excluding hydrogens is 318 g/mol. The van der Waals surface area contributed by atoms with E-state index in [1.54, 1.807) is 18.2 Å². The van der Waals surface area contributed by atoms with Gasteiger partial charge in [-0.05, 0) is 19.0 Å². The molecule has 1 aliphatic heterocycles. The number of ether oxygens (including phenoxy) is 2. The van der Waals surface area contributed by atoms with Crippen LogP contribution in [0.1, 0.15) is 12.0 Å². The molecule has 134 valence electrons. The normalized spacial score (nSPS) is 16.4. The van der Waals surface area contributed by atoms with Crippen LogP contribution in [0.4, 0.5) is 8.78 Å². The Labute approximate surface area is 140 Å². The van der Waals surface area contributed by atoms with Crippen molar-refractivity contribution in [2.24, 2.45) is 10.7 Å². The highest BCUT2D eigenvalue weighted by atomic mass is 19.3. The molecule has 0 spiro atoms. The van der Waals surface area contributed by atoms with Crippen LogP contribution in [0.3, 0.4) is 0 Å². The third kappa shape index (κ3) is 6.67. The van der Waals surface area contributed by atoms with E-state index >= 15 is 0 Å². The number of guanidine groups is 1. The maximum atomic E-state index is 12.4. The molecule has 0 unspecified atom stereocenters. The first kappa shape index (κ1) is 18.4. The monoisotopic (exact) mass is 342 g/mol. The zero-order valence-electron chi connectivity index (χ0n) is 13.6. The Balaban J connectivity index is 1.71. The number of benzene rings is 1. The fourth-order valence-corrected chi connectivity index (χ4v) is 2.42. The molecule has 3 N–H and O–H groups in total. The topological polar surface area (TPSA) is 72.1 Å². The van der Waals surface area contributed by atoms with Crippen LogP contribution in [0.25, 0.3) is 0 Å². The summed E-state index contributed by atoms with van der Waals surface area (Å²) in [6.07, 6.45) is 0.946. The van der Waals surface area contributed by atoms with Crippen LogP contribution in [-0.4, -0.2) is 56.9 Å². The number of rotatable bonds is 8. The van der Waals surface area contributed by atoms with Crippen molar-refractivity contribution in [3.63, 3.8) is 0 Å². The van der Waals surface area contributed by atoms with Crippen LogP contribution < -0.4 is 15.8 Å². The molecule has 1 heterocycles. The van der Waals surface area contributed by atoms with Gasteiger partial charge in [0.15, 0.2) is 5.96 Å². The minimum atomic E-state index is -2.86. The lowest BCUT2D eigenvalue weighted by molar-refractivity contribution is -0.0504. The summed E-state index contributed by atoms with van der Waals surface area (Å²) in [5.41, 5.74) is 6.37. The Morgan fingerprint density at radius 3 is 2.83 bits per heavy atom. The molecule has 6 nitrogen and oxygen atoms in total. The first-order chi connectivity index (χ1) is 11.6. The van der Waals surface area contributed by atoms with Crippen LogP contribution in [0.15, 0.2) is 29.3 Å². The van der Waals surface area contributed by atoms with E-state index in [9.17, 15) is 8.78 Å². The maximum absolute atomic E-state index is 12.4. The number of hydrogen-bond acceptors (Lipinski definition) is 4. The van der Waals surface area contributed by atoms with Crippen LogP contribution in [0.5, 0.6) is 5.75 Å². The van der Waals surface area contributed by atoms with Crippen molar-refractivity contribution >= 4 is 5.96 Å². The molecule has 0 atom stereocenters. The van der Waals surface area contributed by atoms with Crippen LogP contribution >= 0.6 is 0 Å². The molecule has 8 heteroatoms. The van der Waals surface area contributed by atoms with Gasteiger partial charge >= 0.3 is 6.61 Å². The molecule has 2 rings (SSSR count). The number of hydrogen-bond donors (Lipinski definition) is 2. The number of alkyl halides is 2. The number of nitrogens with two attached hydrogens (primary N) is 1. The number of para-hydroxylation sites is 1. The molecule has 1 aromatic carbocycles. The fraction of sp³-hybridized carbons (Fsp3) is 0.562. The van der Waals surface area contributed by atoms with Crippen LogP contribution in [0, 0.1) is 0 Å². The highest BCUT2D eigenvalue weighted by molar-refractivity contribution is 5.77. The standard InChI is InChI=1S/C16H24F2N4O2/c17-15(18)24-14-5-2-1-4-13(14)12-21-16(19)20-6-3-7-22-8-10-23-11-9-22/h1-2,4-5,15H,3,6-12H2,(H3,19,20,21). The van der Waals surface area contributed by atoms with E-state index in [-0.39, 0.29) is 12.3 Å².